The van der Waals surface area contributed by atoms with Crippen LogP contribution < -0.4 is 0 Å². The third-order valence-electron chi connectivity index (χ3n) is 2.78. The number of benzene rings is 1. The lowest BCUT2D eigenvalue weighted by atomic mass is 10.1. The molecule has 1 rings (SSSR count). The summed E-state index contributed by atoms with van der Waals surface area (Å²) in [5.41, 5.74) is 0.337. The number of allylic oxidation sites excluding steroid dienone is 3. The molecule has 0 fully saturated rings. The molecular weight excluding hydrogens is 391 g/mol. The number of rotatable bonds is 6. The summed E-state index contributed by atoms with van der Waals surface area (Å²) in [6.45, 7) is 3.46. The van der Waals surface area contributed by atoms with E-state index in [4.69, 9.17) is 21.7 Å². The summed E-state index contributed by atoms with van der Waals surface area (Å²) in [5.74, 6) is -1.65. The van der Waals surface area contributed by atoms with Gasteiger partial charge in [0.1, 0.15) is 11.9 Å². The first kappa shape index (κ1) is 19.3. The van der Waals surface area contributed by atoms with Crippen LogP contribution in [0, 0.1) is 21.3 Å². The first-order valence-corrected chi connectivity index (χ1v) is 7.85. The van der Waals surface area contributed by atoms with Gasteiger partial charge in [-0.25, -0.2) is 4.39 Å². The van der Waals surface area contributed by atoms with Crippen LogP contribution in [0.3, 0.4) is 0 Å². The predicted octanol–water partition coefficient (Wildman–Crippen LogP) is 5.38. The molecule has 1 aromatic carbocycles. The highest BCUT2D eigenvalue weighted by molar-refractivity contribution is 9.11. The van der Waals surface area contributed by atoms with Gasteiger partial charge in [0, 0.05) is 21.1 Å². The molecule has 23 heavy (non-hydrogen) atoms. The van der Waals surface area contributed by atoms with Crippen LogP contribution in [-0.4, -0.2) is 10.8 Å². The third kappa shape index (κ3) is 5.76. The van der Waals surface area contributed by atoms with Crippen LogP contribution in [0.5, 0.6) is 0 Å². The second-order valence-corrected chi connectivity index (χ2v) is 5.86. The Morgan fingerprint density at radius 2 is 2.26 bits per heavy atom. The Morgan fingerprint density at radius 1 is 1.61 bits per heavy atom. The first-order chi connectivity index (χ1) is 10.8. The molecule has 1 N–H and O–H groups in total. The number of halogens is 3. The molecule has 0 spiro atoms. The second kappa shape index (κ2) is 8.79. The normalized spacial score (nSPS) is 13.6. The molecule has 0 aliphatic rings. The molecule has 1 aromatic rings. The van der Waals surface area contributed by atoms with E-state index in [2.05, 4.69) is 15.9 Å². The molecule has 5 nitrogen and oxygen atoms in total. The van der Waals surface area contributed by atoms with Crippen molar-refractivity contribution in [2.45, 2.75) is 26.4 Å². The van der Waals surface area contributed by atoms with E-state index >= 15 is 0 Å². The minimum absolute atomic E-state index is 0.251. The van der Waals surface area contributed by atoms with Gasteiger partial charge in [0.05, 0.1) is 0 Å². The molecule has 124 valence electrons. The summed E-state index contributed by atoms with van der Waals surface area (Å²) in [6.07, 6.45) is 3.02. The van der Waals surface area contributed by atoms with E-state index in [1.165, 1.54) is 24.3 Å². The lowest BCUT2D eigenvalue weighted by Gasteiger charge is -2.17. The van der Waals surface area contributed by atoms with Gasteiger partial charge in [-0.15, -0.1) is 0 Å². The van der Waals surface area contributed by atoms with Gasteiger partial charge >= 0.3 is 5.84 Å². The van der Waals surface area contributed by atoms with Gasteiger partial charge in [0.2, 0.25) is 5.76 Å². The average Bonchev–Trinajstić information content (AvgIpc) is 2.48. The number of nitrogens with one attached hydrogen (secondary N) is 1. The summed E-state index contributed by atoms with van der Waals surface area (Å²) >= 11 is 9.23. The van der Waals surface area contributed by atoms with Crippen LogP contribution in [0.25, 0.3) is 0 Å². The lowest BCUT2D eigenvalue weighted by Crippen LogP contribution is -2.17. The van der Waals surface area contributed by atoms with Crippen molar-refractivity contribution in [3.8, 4) is 0 Å². The molecule has 0 saturated heterocycles. The zero-order valence-corrected chi connectivity index (χ0v) is 14.8. The van der Waals surface area contributed by atoms with E-state index < -0.39 is 22.7 Å². The molecule has 0 radical (unpaired) electrons. The maximum Gasteiger partial charge on any atom is 0.398 e. The molecule has 0 saturated carbocycles. The van der Waals surface area contributed by atoms with Gasteiger partial charge in [-0.05, 0) is 36.5 Å². The molecule has 0 aliphatic carbocycles. The number of amidine groups is 1. The van der Waals surface area contributed by atoms with Crippen molar-refractivity contribution in [1.29, 1.82) is 5.41 Å². The molecule has 1 atom stereocenters. The van der Waals surface area contributed by atoms with Crippen molar-refractivity contribution in [2.24, 2.45) is 0 Å². The SMILES string of the molecule is CC/C=C(Br)\C=C(\OC(C)c1cc(F)ccc1Cl)C(=N)[N+](=O)[O-]. The molecular formula is C15H15BrClFN2O3. The van der Waals surface area contributed by atoms with E-state index in [0.29, 0.717) is 16.5 Å². The zero-order chi connectivity index (χ0) is 17.6. The van der Waals surface area contributed by atoms with Crippen molar-refractivity contribution in [3.05, 3.63) is 67.1 Å². The van der Waals surface area contributed by atoms with Crippen molar-refractivity contribution >= 4 is 33.4 Å². The summed E-state index contributed by atoms with van der Waals surface area (Å²) in [7, 11) is 0. The van der Waals surface area contributed by atoms with Crippen molar-refractivity contribution < 1.29 is 14.1 Å². The molecule has 0 amide bonds. The van der Waals surface area contributed by atoms with Gasteiger partial charge < -0.3 is 14.9 Å². The van der Waals surface area contributed by atoms with E-state index in [-0.39, 0.29) is 10.8 Å². The molecule has 8 heteroatoms. The molecule has 0 aromatic heterocycles. The van der Waals surface area contributed by atoms with Gasteiger partial charge in [-0.1, -0.05) is 45.9 Å². The van der Waals surface area contributed by atoms with Crippen LogP contribution >= 0.6 is 27.5 Å². The molecule has 0 bridgehead atoms. The summed E-state index contributed by atoms with van der Waals surface area (Å²) < 4.78 is 19.4. The molecule has 0 aliphatic heterocycles. The molecule has 0 heterocycles. The fraction of sp³-hybridized carbons (Fsp3) is 0.267. The number of hydrogen-bond acceptors (Lipinski definition) is 4. The van der Waals surface area contributed by atoms with E-state index in [1.807, 2.05) is 6.92 Å². The van der Waals surface area contributed by atoms with Crippen LogP contribution in [0.1, 0.15) is 31.9 Å². The largest absolute Gasteiger partial charge is 0.478 e. The Bertz CT molecular complexity index is 677. The monoisotopic (exact) mass is 404 g/mol. The van der Waals surface area contributed by atoms with Gasteiger partial charge in [0.25, 0.3) is 0 Å². The van der Waals surface area contributed by atoms with Gasteiger partial charge in [0.15, 0.2) is 0 Å². The third-order valence-corrected chi connectivity index (χ3v) is 3.68. The van der Waals surface area contributed by atoms with Crippen LogP contribution in [-0.2, 0) is 4.74 Å². The molecule has 1 unspecified atom stereocenters. The number of hydrogen-bond donors (Lipinski definition) is 1. The Balaban J connectivity index is 3.14. The van der Waals surface area contributed by atoms with E-state index in [0.717, 1.165) is 0 Å². The van der Waals surface area contributed by atoms with Gasteiger partial charge in [-0.2, -0.15) is 0 Å². The Kier molecular flexibility index (Phi) is 7.38. The Labute approximate surface area is 146 Å². The maximum atomic E-state index is 13.3. The highest BCUT2D eigenvalue weighted by Crippen LogP contribution is 2.29. The van der Waals surface area contributed by atoms with Crippen LogP contribution in [0.15, 0.2) is 40.6 Å². The standard InChI is InChI=1S/C15H15BrClFN2O3/c1-3-4-10(16)7-14(15(19)20(21)22)23-9(2)12-8-11(18)5-6-13(12)17/h4-9,19H,3H2,1-2H3/b10-4+,14-7+,19-15?. The highest BCUT2D eigenvalue weighted by Gasteiger charge is 2.22. The number of nitrogens with zero attached hydrogens (tertiary/aromatic N) is 1. The van der Waals surface area contributed by atoms with Crippen molar-refractivity contribution in [1.82, 2.24) is 0 Å². The van der Waals surface area contributed by atoms with Gasteiger partial charge in [-0.3, -0.25) is 0 Å². The minimum atomic E-state index is -0.897. The Morgan fingerprint density at radius 3 is 2.83 bits per heavy atom. The summed E-state index contributed by atoms with van der Waals surface area (Å²) in [5, 5.41) is 18.7. The smallest absolute Gasteiger partial charge is 0.398 e. The quantitative estimate of drug-likeness (QED) is 0.172. The minimum Gasteiger partial charge on any atom is -0.478 e. The maximum absolute atomic E-state index is 13.3. The lowest BCUT2D eigenvalue weighted by molar-refractivity contribution is -0.353. The summed E-state index contributed by atoms with van der Waals surface area (Å²) in [4.78, 5) is 10.00. The summed E-state index contributed by atoms with van der Waals surface area (Å²) in [6, 6.07) is 3.77. The fourth-order valence-corrected chi connectivity index (χ4v) is 2.51. The highest BCUT2D eigenvalue weighted by atomic mass is 79.9. The van der Waals surface area contributed by atoms with Crippen LogP contribution in [0.2, 0.25) is 5.02 Å². The van der Waals surface area contributed by atoms with Crippen LogP contribution in [0.4, 0.5) is 4.39 Å². The van der Waals surface area contributed by atoms with E-state index in [9.17, 15) is 14.5 Å². The Hall–Kier alpha value is -1.73. The number of ether oxygens (including phenoxy) is 1. The predicted molar refractivity (Wildman–Crippen MR) is 91.0 cm³/mol. The topological polar surface area (TPSA) is 76.2 Å². The van der Waals surface area contributed by atoms with Crippen molar-refractivity contribution in [3.63, 3.8) is 0 Å². The zero-order valence-electron chi connectivity index (χ0n) is 12.5. The average molecular weight is 406 g/mol. The fourth-order valence-electron chi connectivity index (χ4n) is 1.71. The van der Waals surface area contributed by atoms with Crippen molar-refractivity contribution in [2.75, 3.05) is 0 Å². The first-order valence-electron chi connectivity index (χ1n) is 6.68. The van der Waals surface area contributed by atoms with E-state index in [1.54, 1.807) is 13.0 Å². The second-order valence-electron chi connectivity index (χ2n) is 4.54. The number of nitro groups is 1.